The molecule has 1 amide bonds. The van der Waals surface area contributed by atoms with Gasteiger partial charge in [0.05, 0.1) is 31.6 Å². The Morgan fingerprint density at radius 3 is 2.76 bits per heavy atom. The maximum atomic E-state index is 13.6. The van der Waals surface area contributed by atoms with Gasteiger partial charge in [0.25, 0.3) is 5.91 Å². The monoisotopic (exact) mass is 395 g/mol. The van der Waals surface area contributed by atoms with Crippen LogP contribution in [0, 0.1) is 6.92 Å². The second-order valence-corrected chi connectivity index (χ2v) is 7.69. The summed E-state index contributed by atoms with van der Waals surface area (Å²) in [5.41, 5.74) is 3.79. The molecule has 1 aromatic heterocycles. The molecule has 0 radical (unpaired) electrons. The van der Waals surface area contributed by atoms with Gasteiger partial charge in [-0.15, -0.1) is 0 Å². The molecule has 2 aromatic rings. The molecule has 0 unspecified atom stereocenters. The number of benzene rings is 1. The minimum Gasteiger partial charge on any atom is -0.378 e. The predicted octanol–water partition coefficient (Wildman–Crippen LogP) is 3.05. The molecular formula is C23H29N3O3. The summed E-state index contributed by atoms with van der Waals surface area (Å²) in [6.07, 6.45) is 3.93. The van der Waals surface area contributed by atoms with Crippen LogP contribution in [-0.2, 0) is 16.0 Å². The fourth-order valence-electron chi connectivity index (χ4n) is 4.11. The number of ether oxygens (including phenoxy) is 2. The molecule has 4 rings (SSSR count). The second-order valence-electron chi connectivity index (χ2n) is 7.69. The molecule has 6 heteroatoms. The summed E-state index contributed by atoms with van der Waals surface area (Å²) >= 11 is 0. The molecule has 154 valence electrons. The highest BCUT2D eigenvalue weighted by atomic mass is 16.5. The van der Waals surface area contributed by atoms with Crippen molar-refractivity contribution in [2.75, 3.05) is 44.4 Å². The fraction of sp³-hybridized carbons (Fsp3) is 0.478. The van der Waals surface area contributed by atoms with Crippen molar-refractivity contribution >= 4 is 11.6 Å². The van der Waals surface area contributed by atoms with Crippen molar-refractivity contribution in [3.8, 4) is 0 Å². The third-order valence-corrected chi connectivity index (χ3v) is 5.70. The standard InChI is InChI=1S/C23H29N3O3/c1-18-21(8-4-9-22(18)25-11-14-28-15-12-25)23(27)26(17-20-7-5-13-29-20)16-19-6-2-3-10-24-19/h2-4,6,8-10,20H,5,7,11-17H2,1H3/t20-/m0/s1. The molecule has 0 bridgehead atoms. The first-order valence-corrected chi connectivity index (χ1v) is 10.5. The first-order chi connectivity index (χ1) is 14.2. The van der Waals surface area contributed by atoms with Crippen molar-refractivity contribution in [2.24, 2.45) is 0 Å². The summed E-state index contributed by atoms with van der Waals surface area (Å²) < 4.78 is 11.3. The molecule has 3 heterocycles. The van der Waals surface area contributed by atoms with Crippen LogP contribution in [0.5, 0.6) is 0 Å². The van der Waals surface area contributed by atoms with Crippen molar-refractivity contribution in [2.45, 2.75) is 32.4 Å². The van der Waals surface area contributed by atoms with Gasteiger partial charge in [0.2, 0.25) is 0 Å². The van der Waals surface area contributed by atoms with Gasteiger partial charge in [-0.25, -0.2) is 0 Å². The first-order valence-electron chi connectivity index (χ1n) is 10.5. The van der Waals surface area contributed by atoms with Crippen LogP contribution < -0.4 is 4.90 Å². The SMILES string of the molecule is Cc1c(C(=O)N(Cc2ccccn2)C[C@@H]2CCCO2)cccc1N1CCOCC1. The van der Waals surface area contributed by atoms with E-state index in [1.807, 2.05) is 42.2 Å². The minimum absolute atomic E-state index is 0.0405. The van der Waals surface area contributed by atoms with E-state index in [0.29, 0.717) is 13.1 Å². The molecule has 2 saturated heterocycles. The number of carbonyl (C=O) groups excluding carboxylic acids is 1. The lowest BCUT2D eigenvalue weighted by Gasteiger charge is -2.31. The Hall–Kier alpha value is -2.44. The average Bonchev–Trinajstić information content (AvgIpc) is 3.27. The molecule has 2 fully saturated rings. The van der Waals surface area contributed by atoms with Crippen molar-refractivity contribution < 1.29 is 14.3 Å². The molecular weight excluding hydrogens is 366 g/mol. The zero-order chi connectivity index (χ0) is 20.1. The quantitative estimate of drug-likeness (QED) is 0.753. The molecule has 0 aliphatic carbocycles. The topological polar surface area (TPSA) is 54.9 Å². The Morgan fingerprint density at radius 1 is 1.17 bits per heavy atom. The van der Waals surface area contributed by atoms with E-state index in [1.165, 1.54) is 0 Å². The molecule has 29 heavy (non-hydrogen) atoms. The highest BCUT2D eigenvalue weighted by Gasteiger charge is 2.26. The fourth-order valence-corrected chi connectivity index (χ4v) is 4.11. The maximum Gasteiger partial charge on any atom is 0.254 e. The lowest BCUT2D eigenvalue weighted by atomic mass is 10.0. The maximum absolute atomic E-state index is 13.6. The van der Waals surface area contributed by atoms with Gasteiger partial charge in [-0.3, -0.25) is 9.78 Å². The molecule has 0 saturated carbocycles. The molecule has 6 nitrogen and oxygen atoms in total. The summed E-state index contributed by atoms with van der Waals surface area (Å²) in [4.78, 5) is 22.2. The summed E-state index contributed by atoms with van der Waals surface area (Å²) in [7, 11) is 0. The summed E-state index contributed by atoms with van der Waals surface area (Å²) in [5, 5.41) is 0. The number of carbonyl (C=O) groups is 1. The Morgan fingerprint density at radius 2 is 2.03 bits per heavy atom. The highest BCUT2D eigenvalue weighted by molar-refractivity contribution is 5.97. The number of hydrogen-bond acceptors (Lipinski definition) is 5. The van der Waals surface area contributed by atoms with E-state index in [0.717, 1.165) is 68.3 Å². The van der Waals surface area contributed by atoms with Gasteiger partial charge in [0.15, 0.2) is 0 Å². The van der Waals surface area contributed by atoms with Gasteiger partial charge in [0, 0.05) is 43.7 Å². The summed E-state index contributed by atoms with van der Waals surface area (Å²) in [6, 6.07) is 11.8. The predicted molar refractivity (Wildman–Crippen MR) is 112 cm³/mol. The van der Waals surface area contributed by atoms with Crippen LogP contribution >= 0.6 is 0 Å². The van der Waals surface area contributed by atoms with Crippen LogP contribution in [-0.4, -0.2) is 61.3 Å². The van der Waals surface area contributed by atoms with Crippen molar-refractivity contribution in [1.82, 2.24) is 9.88 Å². The highest BCUT2D eigenvalue weighted by Crippen LogP contribution is 2.26. The molecule has 1 atom stereocenters. The van der Waals surface area contributed by atoms with Crippen LogP contribution in [0.1, 0.15) is 34.5 Å². The molecule has 2 aliphatic rings. The number of amides is 1. The largest absolute Gasteiger partial charge is 0.378 e. The molecule has 1 aromatic carbocycles. The zero-order valence-electron chi connectivity index (χ0n) is 17.0. The number of rotatable bonds is 6. The number of aromatic nitrogens is 1. The number of nitrogens with zero attached hydrogens (tertiary/aromatic N) is 3. The Kier molecular flexibility index (Phi) is 6.42. The van der Waals surface area contributed by atoms with Crippen LogP contribution in [0.3, 0.4) is 0 Å². The van der Waals surface area contributed by atoms with Crippen LogP contribution in [0.2, 0.25) is 0 Å². The van der Waals surface area contributed by atoms with Crippen LogP contribution in [0.25, 0.3) is 0 Å². The van der Waals surface area contributed by atoms with Crippen LogP contribution in [0.4, 0.5) is 5.69 Å². The number of pyridine rings is 1. The third-order valence-electron chi connectivity index (χ3n) is 5.70. The zero-order valence-corrected chi connectivity index (χ0v) is 17.0. The Bertz CT molecular complexity index is 815. The van der Waals surface area contributed by atoms with E-state index >= 15 is 0 Å². The molecule has 0 spiro atoms. The summed E-state index contributed by atoms with van der Waals surface area (Å²) in [5.74, 6) is 0.0405. The number of hydrogen-bond donors (Lipinski definition) is 0. The number of morpholine rings is 1. The Balaban J connectivity index is 1.59. The molecule has 0 N–H and O–H groups in total. The van der Waals surface area contributed by atoms with Gasteiger partial charge in [0.1, 0.15) is 0 Å². The van der Waals surface area contributed by atoms with E-state index in [2.05, 4.69) is 16.0 Å². The second kappa shape index (κ2) is 9.37. The van der Waals surface area contributed by atoms with Crippen molar-refractivity contribution in [3.05, 3.63) is 59.4 Å². The minimum atomic E-state index is 0.0405. The van der Waals surface area contributed by atoms with Gasteiger partial charge in [-0.2, -0.15) is 0 Å². The lowest BCUT2D eigenvalue weighted by Crippen LogP contribution is -2.39. The average molecular weight is 396 g/mol. The lowest BCUT2D eigenvalue weighted by molar-refractivity contribution is 0.0504. The van der Waals surface area contributed by atoms with Gasteiger partial charge < -0.3 is 19.3 Å². The summed E-state index contributed by atoms with van der Waals surface area (Å²) in [6.45, 7) is 7.06. The third kappa shape index (κ3) is 4.77. The van der Waals surface area contributed by atoms with E-state index < -0.39 is 0 Å². The smallest absolute Gasteiger partial charge is 0.254 e. The van der Waals surface area contributed by atoms with E-state index in [-0.39, 0.29) is 12.0 Å². The van der Waals surface area contributed by atoms with E-state index in [1.54, 1.807) is 6.20 Å². The van der Waals surface area contributed by atoms with Crippen LogP contribution in [0.15, 0.2) is 42.6 Å². The van der Waals surface area contributed by atoms with E-state index in [9.17, 15) is 4.79 Å². The van der Waals surface area contributed by atoms with E-state index in [4.69, 9.17) is 9.47 Å². The first kappa shape index (κ1) is 19.9. The van der Waals surface area contributed by atoms with Crippen molar-refractivity contribution in [3.63, 3.8) is 0 Å². The van der Waals surface area contributed by atoms with Crippen molar-refractivity contribution in [1.29, 1.82) is 0 Å². The van der Waals surface area contributed by atoms with Gasteiger partial charge in [-0.1, -0.05) is 12.1 Å². The van der Waals surface area contributed by atoms with Gasteiger partial charge in [-0.05, 0) is 49.6 Å². The Labute approximate surface area is 172 Å². The number of anilines is 1. The van der Waals surface area contributed by atoms with Gasteiger partial charge >= 0.3 is 0 Å². The molecule has 2 aliphatic heterocycles. The normalized spacial score (nSPS) is 19.3.